The molecule has 0 spiro atoms. The molecule has 1 atom stereocenters. The molecule has 0 aliphatic carbocycles. The molecule has 1 aliphatic heterocycles. The van der Waals surface area contributed by atoms with Gasteiger partial charge in [-0.1, -0.05) is 7.43 Å². The van der Waals surface area contributed by atoms with Crippen molar-refractivity contribution >= 4 is 46.8 Å². The summed E-state index contributed by atoms with van der Waals surface area (Å²) < 4.78 is 23.8. The number of anilines is 2. The Kier molecular flexibility index (Phi) is 7.91. The van der Waals surface area contributed by atoms with Gasteiger partial charge in [-0.3, -0.25) is 15.0 Å². The molecular formula is C16H21FN4O5S. The number of carbonyl (C=O) groups is 3. The largest absolute Gasteiger partial charge is 0.453 e. The maximum atomic E-state index is 14.3. The number of halogens is 1. The number of cyclic esters (lactones) is 1. The van der Waals surface area contributed by atoms with Crippen LogP contribution in [-0.2, 0) is 14.3 Å². The topological polar surface area (TPSA) is 109 Å². The van der Waals surface area contributed by atoms with Crippen LogP contribution in [0.15, 0.2) is 18.2 Å². The van der Waals surface area contributed by atoms with Crippen molar-refractivity contribution < 1.29 is 28.2 Å². The molecule has 148 valence electrons. The highest BCUT2D eigenvalue weighted by molar-refractivity contribution is 7.80. The van der Waals surface area contributed by atoms with Crippen LogP contribution < -0.4 is 20.9 Å². The minimum absolute atomic E-state index is 0. The van der Waals surface area contributed by atoms with E-state index in [1.807, 2.05) is 0 Å². The number of carbonyl (C=O) groups excluding carboxylic acids is 3. The Morgan fingerprint density at radius 3 is 2.74 bits per heavy atom. The Morgan fingerprint density at radius 1 is 1.44 bits per heavy atom. The summed E-state index contributed by atoms with van der Waals surface area (Å²) in [5, 5.41) is 7.11. The third-order valence-electron chi connectivity index (χ3n) is 3.37. The molecule has 11 heteroatoms. The van der Waals surface area contributed by atoms with E-state index in [0.29, 0.717) is 0 Å². The predicted octanol–water partition coefficient (Wildman–Crippen LogP) is 1.98. The molecule has 2 rings (SSSR count). The molecule has 3 amide bonds. The number of nitrogens with zero attached hydrogens (tertiary/aromatic N) is 1. The number of rotatable bonds is 4. The van der Waals surface area contributed by atoms with Crippen molar-refractivity contribution in [3.8, 4) is 0 Å². The summed E-state index contributed by atoms with van der Waals surface area (Å²) in [5.41, 5.74) is 0.299. The van der Waals surface area contributed by atoms with Gasteiger partial charge in [0, 0.05) is 6.92 Å². The standard InChI is InChI=1S/C15H17FN4O5S.CH4/c1-8(21)17-6-10-7-20(15(23)25-10)9-3-4-12(11(16)5-9)18-13(26)19-14(22)24-2;/h3-5,10H,6-7H2,1-2H3,(H,17,21)(H2,18,19,22,26);1H4/t10-;/m0./s1. The predicted molar refractivity (Wildman–Crippen MR) is 101 cm³/mol. The van der Waals surface area contributed by atoms with Gasteiger partial charge in [-0.2, -0.15) is 0 Å². The van der Waals surface area contributed by atoms with Crippen molar-refractivity contribution in [3.05, 3.63) is 24.0 Å². The van der Waals surface area contributed by atoms with Crippen molar-refractivity contribution in [2.24, 2.45) is 0 Å². The summed E-state index contributed by atoms with van der Waals surface area (Å²) in [6.07, 6.45) is -1.95. The number of hydrogen-bond donors (Lipinski definition) is 3. The molecule has 0 radical (unpaired) electrons. The van der Waals surface area contributed by atoms with Gasteiger partial charge >= 0.3 is 12.2 Å². The quantitative estimate of drug-likeness (QED) is 0.663. The Labute approximate surface area is 161 Å². The lowest BCUT2D eigenvalue weighted by molar-refractivity contribution is -0.119. The van der Waals surface area contributed by atoms with Gasteiger partial charge in [0.25, 0.3) is 0 Å². The van der Waals surface area contributed by atoms with E-state index in [9.17, 15) is 18.8 Å². The van der Waals surface area contributed by atoms with Crippen LogP contribution in [-0.4, -0.2) is 49.5 Å². The van der Waals surface area contributed by atoms with Crippen LogP contribution in [0.5, 0.6) is 0 Å². The molecule has 0 aromatic heterocycles. The molecule has 0 unspecified atom stereocenters. The minimum Gasteiger partial charge on any atom is -0.453 e. The Balaban J connectivity index is 0.00000364. The molecule has 1 aliphatic rings. The van der Waals surface area contributed by atoms with Crippen LogP contribution in [0.4, 0.5) is 25.4 Å². The molecule has 0 saturated carbocycles. The first-order chi connectivity index (χ1) is 12.3. The zero-order valence-electron chi connectivity index (χ0n) is 14.0. The molecule has 3 N–H and O–H groups in total. The lowest BCUT2D eigenvalue weighted by Gasteiger charge is -2.15. The first-order valence-corrected chi connectivity index (χ1v) is 7.89. The highest BCUT2D eigenvalue weighted by atomic mass is 32.1. The van der Waals surface area contributed by atoms with Gasteiger partial charge in [0.2, 0.25) is 5.91 Å². The highest BCUT2D eigenvalue weighted by Gasteiger charge is 2.32. The average molecular weight is 400 g/mol. The molecule has 1 saturated heterocycles. The molecule has 1 fully saturated rings. The number of benzene rings is 1. The van der Waals surface area contributed by atoms with E-state index in [-0.39, 0.29) is 42.9 Å². The van der Waals surface area contributed by atoms with Crippen molar-refractivity contribution in [3.63, 3.8) is 0 Å². The molecule has 0 bridgehead atoms. The lowest BCUT2D eigenvalue weighted by atomic mass is 10.2. The van der Waals surface area contributed by atoms with Crippen LogP contribution in [0.3, 0.4) is 0 Å². The third-order valence-corrected chi connectivity index (χ3v) is 3.57. The Bertz CT molecular complexity index is 746. The van der Waals surface area contributed by atoms with E-state index in [4.69, 9.17) is 17.0 Å². The fraction of sp³-hybridized carbons (Fsp3) is 0.375. The van der Waals surface area contributed by atoms with Crippen molar-refractivity contribution in [2.45, 2.75) is 20.5 Å². The Hall–Kier alpha value is -2.95. The second kappa shape index (κ2) is 9.67. The maximum absolute atomic E-state index is 14.3. The van der Waals surface area contributed by atoms with E-state index in [2.05, 4.69) is 20.7 Å². The molecular weight excluding hydrogens is 379 g/mol. The first-order valence-electron chi connectivity index (χ1n) is 7.48. The van der Waals surface area contributed by atoms with E-state index in [1.54, 1.807) is 0 Å². The second-order valence-electron chi connectivity index (χ2n) is 5.29. The lowest BCUT2D eigenvalue weighted by Crippen LogP contribution is -2.34. The van der Waals surface area contributed by atoms with Crippen LogP contribution in [0.25, 0.3) is 0 Å². The first kappa shape index (κ1) is 22.1. The maximum Gasteiger partial charge on any atom is 0.414 e. The summed E-state index contributed by atoms with van der Waals surface area (Å²) >= 11 is 4.85. The van der Waals surface area contributed by atoms with Crippen LogP contribution in [0, 0.1) is 5.82 Å². The second-order valence-corrected chi connectivity index (χ2v) is 5.70. The summed E-state index contributed by atoms with van der Waals surface area (Å²) in [6.45, 7) is 1.70. The van der Waals surface area contributed by atoms with E-state index < -0.39 is 24.1 Å². The number of ether oxygens (including phenoxy) is 2. The van der Waals surface area contributed by atoms with Crippen LogP contribution >= 0.6 is 12.2 Å². The number of amides is 3. The van der Waals surface area contributed by atoms with Crippen LogP contribution in [0.1, 0.15) is 14.4 Å². The minimum atomic E-state index is -0.787. The van der Waals surface area contributed by atoms with Gasteiger partial charge in [-0.05, 0) is 30.4 Å². The number of alkyl carbamates (subject to hydrolysis) is 1. The summed E-state index contributed by atoms with van der Waals surface area (Å²) in [5.74, 6) is -0.924. The highest BCUT2D eigenvalue weighted by Crippen LogP contribution is 2.26. The summed E-state index contributed by atoms with van der Waals surface area (Å²) in [6, 6.07) is 3.99. The van der Waals surface area contributed by atoms with Gasteiger partial charge in [0.15, 0.2) is 5.11 Å². The average Bonchev–Trinajstić information content (AvgIpc) is 2.95. The summed E-state index contributed by atoms with van der Waals surface area (Å²) in [4.78, 5) is 35.2. The fourth-order valence-corrected chi connectivity index (χ4v) is 2.36. The molecule has 1 aromatic carbocycles. The number of nitrogens with one attached hydrogen (secondary N) is 3. The zero-order valence-corrected chi connectivity index (χ0v) is 14.8. The molecule has 9 nitrogen and oxygen atoms in total. The van der Waals surface area contributed by atoms with Crippen molar-refractivity contribution in [1.82, 2.24) is 10.6 Å². The molecule has 27 heavy (non-hydrogen) atoms. The Morgan fingerprint density at radius 2 is 2.15 bits per heavy atom. The number of methoxy groups -OCH3 is 1. The van der Waals surface area contributed by atoms with Gasteiger partial charge in [0.05, 0.1) is 31.6 Å². The fourth-order valence-electron chi connectivity index (χ4n) is 2.17. The van der Waals surface area contributed by atoms with Gasteiger partial charge in [-0.25, -0.2) is 14.0 Å². The van der Waals surface area contributed by atoms with Crippen LogP contribution in [0.2, 0.25) is 0 Å². The van der Waals surface area contributed by atoms with E-state index in [0.717, 1.165) is 6.07 Å². The normalized spacial score (nSPS) is 15.3. The zero-order chi connectivity index (χ0) is 19.3. The van der Waals surface area contributed by atoms with Gasteiger partial charge in [-0.15, -0.1) is 0 Å². The monoisotopic (exact) mass is 400 g/mol. The third kappa shape index (κ3) is 6.06. The van der Waals surface area contributed by atoms with Gasteiger partial charge < -0.3 is 20.1 Å². The van der Waals surface area contributed by atoms with Crippen molar-refractivity contribution in [1.29, 1.82) is 0 Å². The summed E-state index contributed by atoms with van der Waals surface area (Å²) in [7, 11) is 1.17. The SMILES string of the molecule is C.COC(=O)NC(=S)Nc1ccc(N2C[C@H](CNC(C)=O)OC2=O)cc1F. The van der Waals surface area contributed by atoms with E-state index in [1.165, 1.54) is 31.1 Å². The smallest absolute Gasteiger partial charge is 0.414 e. The number of hydrogen-bond acceptors (Lipinski definition) is 6. The van der Waals surface area contributed by atoms with E-state index >= 15 is 0 Å². The van der Waals surface area contributed by atoms with Crippen molar-refractivity contribution in [2.75, 3.05) is 30.4 Å². The van der Waals surface area contributed by atoms with Gasteiger partial charge in [0.1, 0.15) is 11.9 Å². The molecule has 1 heterocycles. The molecule has 1 aromatic rings. The number of thiocarbonyl (C=S) groups is 1.